The summed E-state index contributed by atoms with van der Waals surface area (Å²) in [6.45, 7) is 5.09. The number of sulfonamides is 1. The Hall–Kier alpha value is -2.76. The predicted octanol–water partition coefficient (Wildman–Crippen LogP) is 3.19. The van der Waals surface area contributed by atoms with Gasteiger partial charge in [0.2, 0.25) is 10.0 Å². The van der Waals surface area contributed by atoms with Crippen molar-refractivity contribution < 1.29 is 26.6 Å². The fraction of sp³-hybridized carbons (Fsp3) is 0.350. The molecule has 3 aromatic rings. The van der Waals surface area contributed by atoms with E-state index in [0.717, 1.165) is 0 Å². The highest BCUT2D eigenvalue weighted by molar-refractivity contribution is 7.89. The van der Waals surface area contributed by atoms with E-state index in [-0.39, 0.29) is 70.1 Å². The molecule has 32 heavy (non-hydrogen) atoms. The number of nitrogens with zero attached hydrogens (tertiary/aromatic N) is 4. The molecule has 9 nitrogen and oxygen atoms in total. The van der Waals surface area contributed by atoms with Crippen molar-refractivity contribution in [1.29, 1.82) is 0 Å². The van der Waals surface area contributed by atoms with Crippen LogP contribution in [0.3, 0.4) is 0 Å². The molecule has 0 saturated carbocycles. The number of benzene rings is 1. The number of hydrogen-bond donors (Lipinski definition) is 0. The molecular weight excluding hydrogens is 463 g/mol. The summed E-state index contributed by atoms with van der Waals surface area (Å²) in [6.07, 6.45) is 0. The van der Waals surface area contributed by atoms with Crippen LogP contribution in [0.2, 0.25) is 5.02 Å². The topological polar surface area (TPSA) is 110 Å². The fourth-order valence-corrected chi connectivity index (χ4v) is 5.75. The van der Waals surface area contributed by atoms with Gasteiger partial charge in [0.05, 0.1) is 10.6 Å². The number of piperazine rings is 1. The first-order chi connectivity index (χ1) is 15.1. The lowest BCUT2D eigenvalue weighted by Crippen LogP contribution is -2.50. The molecule has 0 N–H and O–H groups in total. The van der Waals surface area contributed by atoms with Crippen LogP contribution in [0.25, 0.3) is 11.3 Å². The second-order valence-corrected chi connectivity index (χ2v) is 9.69. The van der Waals surface area contributed by atoms with E-state index in [9.17, 15) is 17.6 Å². The van der Waals surface area contributed by atoms with E-state index < -0.39 is 21.7 Å². The number of aryl methyl sites for hydroxylation is 3. The third-order valence-corrected chi connectivity index (χ3v) is 7.83. The lowest BCUT2D eigenvalue weighted by atomic mass is 10.0. The van der Waals surface area contributed by atoms with Crippen molar-refractivity contribution in [2.75, 3.05) is 26.2 Å². The summed E-state index contributed by atoms with van der Waals surface area (Å²) in [5.41, 5.74) is 0.377. The molecule has 0 atom stereocenters. The summed E-state index contributed by atoms with van der Waals surface area (Å²) < 4.78 is 51.9. The highest BCUT2D eigenvalue weighted by atomic mass is 35.5. The Morgan fingerprint density at radius 2 is 1.72 bits per heavy atom. The van der Waals surface area contributed by atoms with Crippen molar-refractivity contribution in [3.05, 3.63) is 51.8 Å². The van der Waals surface area contributed by atoms with E-state index in [0.29, 0.717) is 0 Å². The molecular formula is C20H20ClFN4O5S. The molecule has 12 heteroatoms. The van der Waals surface area contributed by atoms with Crippen molar-refractivity contribution in [1.82, 2.24) is 19.5 Å². The van der Waals surface area contributed by atoms with Gasteiger partial charge in [-0.05, 0) is 32.9 Å². The molecule has 0 bridgehead atoms. The third kappa shape index (κ3) is 3.70. The minimum atomic E-state index is -3.81. The SMILES string of the molecule is Cc1noc(C)c1S(=O)(=O)N1CCN(C(=O)c2c(-c3c(F)cccc3Cl)noc2C)CC1. The van der Waals surface area contributed by atoms with Crippen LogP contribution in [-0.4, -0.2) is 60.0 Å². The average Bonchev–Trinajstić information content (AvgIpc) is 3.29. The Morgan fingerprint density at radius 1 is 1.06 bits per heavy atom. The van der Waals surface area contributed by atoms with Crippen LogP contribution in [0.5, 0.6) is 0 Å². The molecule has 0 spiro atoms. The monoisotopic (exact) mass is 482 g/mol. The van der Waals surface area contributed by atoms with Gasteiger partial charge in [0.1, 0.15) is 33.4 Å². The molecule has 3 heterocycles. The number of carbonyl (C=O) groups is 1. The quantitative estimate of drug-likeness (QED) is 0.561. The zero-order chi connectivity index (χ0) is 23.2. The summed E-state index contributed by atoms with van der Waals surface area (Å²) in [4.78, 5) is 14.8. The lowest BCUT2D eigenvalue weighted by molar-refractivity contribution is 0.0696. The number of amides is 1. The van der Waals surface area contributed by atoms with Crippen molar-refractivity contribution >= 4 is 27.5 Å². The van der Waals surface area contributed by atoms with Gasteiger partial charge in [0.25, 0.3) is 5.91 Å². The molecule has 1 amide bonds. The number of carbonyl (C=O) groups excluding carboxylic acids is 1. The lowest BCUT2D eigenvalue weighted by Gasteiger charge is -2.33. The Morgan fingerprint density at radius 3 is 2.31 bits per heavy atom. The van der Waals surface area contributed by atoms with Crippen molar-refractivity contribution in [2.45, 2.75) is 25.7 Å². The van der Waals surface area contributed by atoms with Gasteiger partial charge in [-0.2, -0.15) is 4.31 Å². The minimum absolute atomic E-state index is 0.0152. The third-order valence-electron chi connectivity index (χ3n) is 5.37. The average molecular weight is 483 g/mol. The zero-order valence-corrected chi connectivity index (χ0v) is 19.1. The Bertz CT molecular complexity index is 1260. The van der Waals surface area contributed by atoms with E-state index in [2.05, 4.69) is 10.3 Å². The number of halogens is 2. The van der Waals surface area contributed by atoms with Gasteiger partial charge in [0, 0.05) is 26.2 Å². The van der Waals surface area contributed by atoms with E-state index in [1.165, 1.54) is 34.3 Å². The second-order valence-electron chi connectivity index (χ2n) is 7.41. The molecule has 1 aliphatic heterocycles. The largest absolute Gasteiger partial charge is 0.360 e. The maximum atomic E-state index is 14.4. The molecule has 1 aromatic carbocycles. The van der Waals surface area contributed by atoms with E-state index >= 15 is 0 Å². The van der Waals surface area contributed by atoms with Gasteiger partial charge in [-0.25, -0.2) is 12.8 Å². The molecule has 1 fully saturated rings. The summed E-state index contributed by atoms with van der Waals surface area (Å²) in [6, 6.07) is 4.17. The molecule has 2 aromatic heterocycles. The van der Waals surface area contributed by atoms with Gasteiger partial charge in [-0.3, -0.25) is 4.79 Å². The first-order valence-electron chi connectivity index (χ1n) is 9.76. The van der Waals surface area contributed by atoms with Crippen molar-refractivity contribution in [2.24, 2.45) is 0 Å². The highest BCUT2D eigenvalue weighted by Gasteiger charge is 2.36. The summed E-state index contributed by atoms with van der Waals surface area (Å²) in [7, 11) is -3.81. The van der Waals surface area contributed by atoms with Crippen LogP contribution in [-0.2, 0) is 10.0 Å². The van der Waals surface area contributed by atoms with E-state index in [1.54, 1.807) is 13.8 Å². The van der Waals surface area contributed by atoms with Crippen LogP contribution >= 0.6 is 11.6 Å². The molecule has 0 radical (unpaired) electrons. The molecule has 170 valence electrons. The summed E-state index contributed by atoms with van der Waals surface area (Å²) in [5.74, 6) is -0.634. The molecule has 0 aliphatic carbocycles. The van der Waals surface area contributed by atoms with Crippen molar-refractivity contribution in [3.8, 4) is 11.3 Å². The van der Waals surface area contributed by atoms with Gasteiger partial charge in [0.15, 0.2) is 5.76 Å². The normalized spacial score (nSPS) is 15.3. The smallest absolute Gasteiger partial charge is 0.259 e. The van der Waals surface area contributed by atoms with Gasteiger partial charge in [-0.15, -0.1) is 0 Å². The predicted molar refractivity (Wildman–Crippen MR) is 112 cm³/mol. The fourth-order valence-electron chi connectivity index (χ4n) is 3.78. The standard InChI is InChI=1S/C20H20ClFN4O5S/c1-11-19(13(3)31-23-11)32(28,29)26-9-7-25(8-10-26)20(27)16-12(2)30-24-18(16)17-14(21)5-4-6-15(17)22/h4-6H,7-10H2,1-3H3. The number of hydrogen-bond acceptors (Lipinski definition) is 7. The number of rotatable bonds is 4. The maximum Gasteiger partial charge on any atom is 0.259 e. The highest BCUT2D eigenvalue weighted by Crippen LogP contribution is 2.34. The maximum absolute atomic E-state index is 14.4. The van der Waals surface area contributed by atoms with Gasteiger partial charge >= 0.3 is 0 Å². The van der Waals surface area contributed by atoms with Crippen LogP contribution in [0.15, 0.2) is 32.1 Å². The van der Waals surface area contributed by atoms with E-state index in [4.69, 9.17) is 20.6 Å². The second kappa shape index (κ2) is 8.30. The van der Waals surface area contributed by atoms with Crippen LogP contribution in [0, 0.1) is 26.6 Å². The Labute approximate surface area is 188 Å². The van der Waals surface area contributed by atoms with Crippen LogP contribution in [0.1, 0.15) is 27.6 Å². The molecule has 0 unspecified atom stereocenters. The first-order valence-corrected chi connectivity index (χ1v) is 11.6. The minimum Gasteiger partial charge on any atom is -0.360 e. The Kier molecular flexibility index (Phi) is 5.82. The van der Waals surface area contributed by atoms with Crippen molar-refractivity contribution in [3.63, 3.8) is 0 Å². The van der Waals surface area contributed by atoms with Crippen LogP contribution < -0.4 is 0 Å². The van der Waals surface area contributed by atoms with Crippen LogP contribution in [0.4, 0.5) is 4.39 Å². The molecule has 4 rings (SSSR count). The zero-order valence-electron chi connectivity index (χ0n) is 17.6. The summed E-state index contributed by atoms with van der Waals surface area (Å²) in [5, 5.41) is 7.67. The van der Waals surface area contributed by atoms with Gasteiger partial charge in [-0.1, -0.05) is 28.0 Å². The molecule has 1 aliphatic rings. The molecule has 1 saturated heterocycles. The van der Waals surface area contributed by atoms with E-state index in [1.807, 2.05) is 0 Å². The Balaban J connectivity index is 1.57. The first kappa shape index (κ1) is 22.4. The number of aromatic nitrogens is 2. The summed E-state index contributed by atoms with van der Waals surface area (Å²) >= 11 is 6.15. The van der Waals surface area contributed by atoms with Gasteiger partial charge < -0.3 is 13.9 Å².